The summed E-state index contributed by atoms with van der Waals surface area (Å²) < 4.78 is 33.2. The molecule has 2 saturated heterocycles. The average molecular weight is 477 g/mol. The molecule has 1 amide bonds. The highest BCUT2D eigenvalue weighted by Gasteiger charge is 2.31. The smallest absolute Gasteiger partial charge is 0.260 e. The van der Waals surface area contributed by atoms with Gasteiger partial charge in [-0.25, -0.2) is 8.42 Å². The van der Waals surface area contributed by atoms with Gasteiger partial charge >= 0.3 is 0 Å². The molecular weight excluding hydrogens is 448 g/mol. The molecule has 0 aromatic heterocycles. The lowest BCUT2D eigenvalue weighted by Gasteiger charge is -2.32. The topological polar surface area (TPSA) is 66.9 Å². The first-order valence-corrected chi connectivity index (χ1v) is 13.0. The minimum absolute atomic E-state index is 0.0290. The molecule has 2 fully saturated rings. The number of hydrogen-bond acceptors (Lipinski definition) is 4. The first kappa shape index (κ1) is 23.1. The lowest BCUT2D eigenvalue weighted by molar-refractivity contribution is -0.134. The van der Waals surface area contributed by atoms with Gasteiger partial charge in [0.05, 0.1) is 0 Å². The Bertz CT molecular complexity index is 1030. The molecule has 0 aliphatic carbocycles. The Balaban J connectivity index is 1.34. The third kappa shape index (κ3) is 5.45. The van der Waals surface area contributed by atoms with Crippen molar-refractivity contribution in [1.82, 2.24) is 9.21 Å². The van der Waals surface area contributed by atoms with E-state index < -0.39 is 10.0 Å². The molecule has 32 heavy (non-hydrogen) atoms. The van der Waals surface area contributed by atoms with Gasteiger partial charge in [-0.3, -0.25) is 4.79 Å². The highest BCUT2D eigenvalue weighted by molar-refractivity contribution is 7.89. The number of hydrogen-bond donors (Lipinski definition) is 0. The van der Waals surface area contributed by atoms with Crippen LogP contribution in [0.1, 0.15) is 31.2 Å². The fraction of sp³-hybridized carbons (Fsp3) is 0.458. The second kappa shape index (κ2) is 10.2. The van der Waals surface area contributed by atoms with Crippen LogP contribution in [0.5, 0.6) is 5.75 Å². The number of halogens is 1. The zero-order chi connectivity index (χ0) is 22.6. The molecule has 2 aromatic carbocycles. The van der Waals surface area contributed by atoms with Crippen LogP contribution in [0.15, 0.2) is 53.4 Å². The standard InChI is InChI=1S/C24H29ClN2O4S/c25-21-8-9-22(23(17-21)32(29,30)27-12-4-5-13-27)31-18-24(28)26-14-10-20(11-15-26)16-19-6-2-1-3-7-19/h1-3,6-9,17,20H,4-5,10-16,18H2. The van der Waals surface area contributed by atoms with E-state index in [1.54, 1.807) is 6.07 Å². The number of amides is 1. The summed E-state index contributed by atoms with van der Waals surface area (Å²) in [6, 6.07) is 14.9. The van der Waals surface area contributed by atoms with Crippen molar-refractivity contribution in [1.29, 1.82) is 0 Å². The molecule has 2 aliphatic heterocycles. The summed E-state index contributed by atoms with van der Waals surface area (Å²) in [6.07, 6.45) is 4.62. The van der Waals surface area contributed by atoms with Crippen LogP contribution >= 0.6 is 11.6 Å². The second-order valence-electron chi connectivity index (χ2n) is 8.50. The maximum atomic E-state index is 13.0. The van der Waals surface area contributed by atoms with Gasteiger partial charge in [0.25, 0.3) is 5.91 Å². The monoisotopic (exact) mass is 476 g/mol. The van der Waals surface area contributed by atoms with Crippen LogP contribution in [0.3, 0.4) is 0 Å². The summed E-state index contributed by atoms with van der Waals surface area (Å²) in [7, 11) is -3.70. The highest BCUT2D eigenvalue weighted by Crippen LogP contribution is 2.31. The molecule has 0 bridgehead atoms. The van der Waals surface area contributed by atoms with Crippen LogP contribution in [-0.2, 0) is 21.2 Å². The summed E-state index contributed by atoms with van der Waals surface area (Å²) in [5.74, 6) is 0.618. The molecule has 0 saturated carbocycles. The molecule has 2 aromatic rings. The van der Waals surface area contributed by atoms with Gasteiger partial charge < -0.3 is 9.64 Å². The van der Waals surface area contributed by atoms with E-state index in [1.807, 2.05) is 11.0 Å². The Morgan fingerprint density at radius 3 is 2.38 bits per heavy atom. The molecule has 8 heteroatoms. The third-order valence-electron chi connectivity index (χ3n) is 6.27. The van der Waals surface area contributed by atoms with Crippen molar-refractivity contribution in [2.24, 2.45) is 5.92 Å². The van der Waals surface area contributed by atoms with Crippen LogP contribution in [-0.4, -0.2) is 56.3 Å². The van der Waals surface area contributed by atoms with E-state index in [9.17, 15) is 13.2 Å². The number of rotatable bonds is 7. The predicted molar refractivity (Wildman–Crippen MR) is 124 cm³/mol. The van der Waals surface area contributed by atoms with Crippen molar-refractivity contribution < 1.29 is 17.9 Å². The largest absolute Gasteiger partial charge is 0.482 e. The number of sulfonamides is 1. The van der Waals surface area contributed by atoms with Crippen LogP contribution in [0, 0.1) is 5.92 Å². The number of carbonyl (C=O) groups is 1. The van der Waals surface area contributed by atoms with E-state index in [1.165, 1.54) is 22.0 Å². The number of piperidine rings is 1. The van der Waals surface area contributed by atoms with E-state index >= 15 is 0 Å². The fourth-order valence-corrected chi connectivity index (χ4v) is 6.35. The Hall–Kier alpha value is -2.09. The molecule has 0 N–H and O–H groups in total. The van der Waals surface area contributed by atoms with E-state index in [0.29, 0.717) is 37.1 Å². The van der Waals surface area contributed by atoms with E-state index in [4.69, 9.17) is 16.3 Å². The lowest BCUT2D eigenvalue weighted by Crippen LogP contribution is -2.41. The van der Waals surface area contributed by atoms with Gasteiger partial charge in [-0.15, -0.1) is 0 Å². The normalized spacial score (nSPS) is 18.1. The summed E-state index contributed by atoms with van der Waals surface area (Å²) in [5.41, 5.74) is 1.33. The Morgan fingerprint density at radius 2 is 1.69 bits per heavy atom. The van der Waals surface area contributed by atoms with Gasteiger partial charge in [0.15, 0.2) is 6.61 Å². The fourth-order valence-electron chi connectivity index (χ4n) is 4.43. The Kier molecular flexibility index (Phi) is 7.38. The van der Waals surface area contributed by atoms with Crippen molar-refractivity contribution in [3.63, 3.8) is 0 Å². The van der Waals surface area contributed by atoms with E-state index in [0.717, 1.165) is 32.1 Å². The van der Waals surface area contributed by atoms with Crippen LogP contribution in [0.4, 0.5) is 0 Å². The minimum atomic E-state index is -3.70. The maximum absolute atomic E-state index is 13.0. The summed E-state index contributed by atoms with van der Waals surface area (Å²) in [4.78, 5) is 14.6. The quantitative estimate of drug-likeness (QED) is 0.606. The summed E-state index contributed by atoms with van der Waals surface area (Å²) >= 11 is 6.07. The van der Waals surface area contributed by atoms with Crippen molar-refractivity contribution in [3.8, 4) is 5.75 Å². The zero-order valence-corrected chi connectivity index (χ0v) is 19.7. The van der Waals surface area contributed by atoms with Gasteiger partial charge in [-0.2, -0.15) is 4.31 Å². The van der Waals surface area contributed by atoms with Crippen LogP contribution in [0.2, 0.25) is 5.02 Å². The molecule has 0 atom stereocenters. The van der Waals surface area contributed by atoms with Crippen molar-refractivity contribution in [2.75, 3.05) is 32.8 Å². The Morgan fingerprint density at radius 1 is 1.00 bits per heavy atom. The number of ether oxygens (including phenoxy) is 1. The van der Waals surface area contributed by atoms with Gasteiger partial charge in [-0.1, -0.05) is 41.9 Å². The van der Waals surface area contributed by atoms with Gasteiger partial charge in [-0.05, 0) is 61.8 Å². The SMILES string of the molecule is O=C(COc1ccc(Cl)cc1S(=O)(=O)N1CCCC1)N1CCC(Cc2ccccc2)CC1. The third-order valence-corrected chi connectivity index (χ3v) is 8.43. The van der Waals surface area contributed by atoms with E-state index in [-0.39, 0.29) is 23.2 Å². The first-order valence-electron chi connectivity index (χ1n) is 11.2. The number of nitrogens with zero attached hydrogens (tertiary/aromatic N) is 2. The average Bonchev–Trinajstić information content (AvgIpc) is 3.35. The molecular formula is C24H29ClN2O4S. The Labute approximate surface area is 195 Å². The molecule has 0 radical (unpaired) electrons. The number of benzene rings is 2. The first-order chi connectivity index (χ1) is 15.4. The van der Waals surface area contributed by atoms with Gasteiger partial charge in [0.2, 0.25) is 10.0 Å². The minimum Gasteiger partial charge on any atom is -0.482 e. The van der Waals surface area contributed by atoms with Crippen LogP contribution < -0.4 is 4.74 Å². The molecule has 6 nitrogen and oxygen atoms in total. The maximum Gasteiger partial charge on any atom is 0.260 e. The van der Waals surface area contributed by atoms with Gasteiger partial charge in [0, 0.05) is 31.2 Å². The highest BCUT2D eigenvalue weighted by atomic mass is 35.5. The molecule has 172 valence electrons. The molecule has 0 unspecified atom stereocenters. The molecule has 4 rings (SSSR count). The number of likely N-dealkylation sites (tertiary alicyclic amines) is 1. The van der Waals surface area contributed by atoms with Crippen molar-refractivity contribution >= 4 is 27.5 Å². The molecule has 2 aliphatic rings. The second-order valence-corrected chi connectivity index (χ2v) is 10.8. The zero-order valence-electron chi connectivity index (χ0n) is 18.1. The predicted octanol–water partition coefficient (Wildman–Crippen LogP) is 3.98. The van der Waals surface area contributed by atoms with Crippen molar-refractivity contribution in [3.05, 3.63) is 59.1 Å². The van der Waals surface area contributed by atoms with Gasteiger partial charge in [0.1, 0.15) is 10.6 Å². The van der Waals surface area contributed by atoms with Crippen molar-refractivity contribution in [2.45, 2.75) is 37.0 Å². The molecule has 2 heterocycles. The lowest BCUT2D eigenvalue weighted by atomic mass is 9.90. The molecule has 0 spiro atoms. The van der Waals surface area contributed by atoms with E-state index in [2.05, 4.69) is 24.3 Å². The number of carbonyl (C=O) groups excluding carboxylic acids is 1. The van der Waals surface area contributed by atoms with Crippen LogP contribution in [0.25, 0.3) is 0 Å². The summed E-state index contributed by atoms with van der Waals surface area (Å²) in [5, 5.41) is 0.321. The summed E-state index contributed by atoms with van der Waals surface area (Å²) in [6.45, 7) is 2.18.